The van der Waals surface area contributed by atoms with Crippen molar-refractivity contribution in [3.8, 4) is 0 Å². The summed E-state index contributed by atoms with van der Waals surface area (Å²) in [5, 5.41) is 1.81. The first kappa shape index (κ1) is 14.5. The molecule has 3 aromatic rings. The summed E-state index contributed by atoms with van der Waals surface area (Å²) in [6, 6.07) is 16.2. The van der Waals surface area contributed by atoms with Crippen molar-refractivity contribution in [2.24, 2.45) is 0 Å². The standard InChI is InChI=1S/C19H18ClN3/c20-15-8-9-16-17(13-15)21-18(12-14-6-2-1-3-7-14)22-19(16)23-10-4-5-11-23/h1-3,6-9,13H,4-5,10-12H2. The van der Waals surface area contributed by atoms with Gasteiger partial charge in [-0.3, -0.25) is 0 Å². The van der Waals surface area contributed by atoms with Gasteiger partial charge in [-0.05, 0) is 36.6 Å². The van der Waals surface area contributed by atoms with Crippen LogP contribution < -0.4 is 4.90 Å². The second kappa shape index (κ2) is 6.17. The summed E-state index contributed by atoms with van der Waals surface area (Å²) in [6.07, 6.45) is 3.20. The van der Waals surface area contributed by atoms with E-state index >= 15 is 0 Å². The zero-order valence-electron chi connectivity index (χ0n) is 12.9. The van der Waals surface area contributed by atoms with Gasteiger partial charge in [-0.15, -0.1) is 0 Å². The molecule has 1 fully saturated rings. The second-order valence-corrected chi connectivity index (χ2v) is 6.42. The maximum Gasteiger partial charge on any atom is 0.140 e. The molecular formula is C19H18ClN3. The van der Waals surface area contributed by atoms with Crippen molar-refractivity contribution in [2.75, 3.05) is 18.0 Å². The molecule has 4 rings (SSSR count). The normalized spacial score (nSPS) is 14.6. The van der Waals surface area contributed by atoms with E-state index in [4.69, 9.17) is 21.6 Å². The van der Waals surface area contributed by atoms with E-state index in [2.05, 4.69) is 29.2 Å². The lowest BCUT2D eigenvalue weighted by Gasteiger charge is -2.19. The number of fused-ring (bicyclic) bond motifs is 1. The van der Waals surface area contributed by atoms with Crippen LogP contribution in [-0.2, 0) is 6.42 Å². The summed E-state index contributed by atoms with van der Waals surface area (Å²) in [5.74, 6) is 1.91. The maximum absolute atomic E-state index is 6.17. The van der Waals surface area contributed by atoms with Gasteiger partial charge < -0.3 is 4.90 Å². The minimum absolute atomic E-state index is 0.717. The maximum atomic E-state index is 6.17. The van der Waals surface area contributed by atoms with Crippen LogP contribution in [0.3, 0.4) is 0 Å². The smallest absolute Gasteiger partial charge is 0.140 e. The molecular weight excluding hydrogens is 306 g/mol. The van der Waals surface area contributed by atoms with Crippen molar-refractivity contribution in [3.05, 3.63) is 64.9 Å². The monoisotopic (exact) mass is 323 g/mol. The molecule has 1 aromatic heterocycles. The highest BCUT2D eigenvalue weighted by atomic mass is 35.5. The lowest BCUT2D eigenvalue weighted by molar-refractivity contribution is 0.906. The molecule has 23 heavy (non-hydrogen) atoms. The van der Waals surface area contributed by atoms with Crippen molar-refractivity contribution in [1.82, 2.24) is 9.97 Å². The van der Waals surface area contributed by atoms with Gasteiger partial charge in [0, 0.05) is 29.9 Å². The number of nitrogens with zero attached hydrogens (tertiary/aromatic N) is 3. The molecule has 3 nitrogen and oxygen atoms in total. The number of hydrogen-bond donors (Lipinski definition) is 0. The first-order valence-corrected chi connectivity index (χ1v) is 8.42. The van der Waals surface area contributed by atoms with Gasteiger partial charge in [0.15, 0.2) is 0 Å². The van der Waals surface area contributed by atoms with Crippen LogP contribution >= 0.6 is 11.6 Å². The Bertz CT molecular complexity index is 827. The molecule has 0 aliphatic carbocycles. The molecule has 0 bridgehead atoms. The molecule has 0 atom stereocenters. The minimum Gasteiger partial charge on any atom is -0.356 e. The Morgan fingerprint density at radius 3 is 2.52 bits per heavy atom. The van der Waals surface area contributed by atoms with Gasteiger partial charge in [0.1, 0.15) is 11.6 Å². The van der Waals surface area contributed by atoms with Crippen molar-refractivity contribution in [1.29, 1.82) is 0 Å². The molecule has 116 valence electrons. The van der Waals surface area contributed by atoms with E-state index in [0.717, 1.165) is 42.1 Å². The largest absolute Gasteiger partial charge is 0.356 e. The molecule has 4 heteroatoms. The molecule has 2 heterocycles. The SMILES string of the molecule is Clc1ccc2c(N3CCCC3)nc(Cc3ccccc3)nc2c1. The molecule has 0 saturated carbocycles. The van der Waals surface area contributed by atoms with Gasteiger partial charge in [0.2, 0.25) is 0 Å². The van der Waals surface area contributed by atoms with Crippen molar-refractivity contribution < 1.29 is 0 Å². The van der Waals surface area contributed by atoms with Gasteiger partial charge in [0.05, 0.1) is 5.52 Å². The van der Waals surface area contributed by atoms with Gasteiger partial charge >= 0.3 is 0 Å². The van der Waals surface area contributed by atoms with Gasteiger partial charge in [-0.2, -0.15) is 0 Å². The average molecular weight is 324 g/mol. The number of benzene rings is 2. The van der Waals surface area contributed by atoms with Gasteiger partial charge in [0.25, 0.3) is 0 Å². The Morgan fingerprint density at radius 2 is 1.74 bits per heavy atom. The molecule has 1 saturated heterocycles. The van der Waals surface area contributed by atoms with Crippen LogP contribution in [0, 0.1) is 0 Å². The Balaban J connectivity index is 1.81. The molecule has 1 aliphatic heterocycles. The van der Waals surface area contributed by atoms with Crippen LogP contribution in [0.4, 0.5) is 5.82 Å². The van der Waals surface area contributed by atoms with Gasteiger partial charge in [-0.1, -0.05) is 41.9 Å². The van der Waals surface area contributed by atoms with E-state index in [1.54, 1.807) is 0 Å². The third-order valence-electron chi connectivity index (χ3n) is 4.30. The minimum atomic E-state index is 0.717. The van der Waals surface area contributed by atoms with Crippen LogP contribution in [0.25, 0.3) is 10.9 Å². The fourth-order valence-electron chi connectivity index (χ4n) is 3.16. The number of hydrogen-bond acceptors (Lipinski definition) is 3. The zero-order chi connectivity index (χ0) is 15.6. The van der Waals surface area contributed by atoms with Crippen LogP contribution in [0.1, 0.15) is 24.2 Å². The second-order valence-electron chi connectivity index (χ2n) is 5.98. The Morgan fingerprint density at radius 1 is 0.957 bits per heavy atom. The van der Waals surface area contributed by atoms with Gasteiger partial charge in [-0.25, -0.2) is 9.97 Å². The fourth-order valence-corrected chi connectivity index (χ4v) is 3.33. The first-order chi connectivity index (χ1) is 11.3. The number of halogens is 1. The fraction of sp³-hybridized carbons (Fsp3) is 0.263. The summed E-state index contributed by atoms with van der Waals surface area (Å²) >= 11 is 6.17. The van der Waals surface area contributed by atoms with E-state index < -0.39 is 0 Å². The summed E-state index contributed by atoms with van der Waals surface area (Å²) in [6.45, 7) is 2.14. The highest BCUT2D eigenvalue weighted by molar-refractivity contribution is 6.31. The van der Waals surface area contributed by atoms with E-state index in [-0.39, 0.29) is 0 Å². The zero-order valence-corrected chi connectivity index (χ0v) is 13.6. The van der Waals surface area contributed by atoms with Crippen molar-refractivity contribution in [2.45, 2.75) is 19.3 Å². The van der Waals surface area contributed by atoms with Crippen LogP contribution in [-0.4, -0.2) is 23.1 Å². The molecule has 2 aromatic carbocycles. The van der Waals surface area contributed by atoms with Crippen molar-refractivity contribution >= 4 is 28.3 Å². The third-order valence-corrected chi connectivity index (χ3v) is 4.53. The highest BCUT2D eigenvalue weighted by Crippen LogP contribution is 2.29. The topological polar surface area (TPSA) is 29.0 Å². The summed E-state index contributed by atoms with van der Waals surface area (Å²) in [7, 11) is 0. The first-order valence-electron chi connectivity index (χ1n) is 8.05. The van der Waals surface area contributed by atoms with E-state index in [9.17, 15) is 0 Å². The Kier molecular flexibility index (Phi) is 3.88. The quantitative estimate of drug-likeness (QED) is 0.712. The predicted molar refractivity (Wildman–Crippen MR) is 95.2 cm³/mol. The molecule has 0 unspecified atom stereocenters. The average Bonchev–Trinajstić information content (AvgIpc) is 3.09. The van der Waals surface area contributed by atoms with E-state index in [1.165, 1.54) is 18.4 Å². The van der Waals surface area contributed by atoms with Crippen LogP contribution in [0.5, 0.6) is 0 Å². The van der Waals surface area contributed by atoms with E-state index in [0.29, 0.717) is 5.02 Å². The number of aromatic nitrogens is 2. The number of anilines is 1. The number of rotatable bonds is 3. The van der Waals surface area contributed by atoms with Crippen LogP contribution in [0.2, 0.25) is 5.02 Å². The summed E-state index contributed by atoms with van der Waals surface area (Å²) in [5.41, 5.74) is 2.15. The Labute approximate surface area is 140 Å². The molecule has 0 radical (unpaired) electrons. The molecule has 0 amide bonds. The summed E-state index contributed by atoms with van der Waals surface area (Å²) in [4.78, 5) is 12.0. The Hall–Kier alpha value is -2.13. The van der Waals surface area contributed by atoms with Crippen molar-refractivity contribution in [3.63, 3.8) is 0 Å². The molecule has 1 aliphatic rings. The van der Waals surface area contributed by atoms with Crippen LogP contribution in [0.15, 0.2) is 48.5 Å². The summed E-state index contributed by atoms with van der Waals surface area (Å²) < 4.78 is 0. The highest BCUT2D eigenvalue weighted by Gasteiger charge is 2.18. The lowest BCUT2D eigenvalue weighted by Crippen LogP contribution is -2.20. The third kappa shape index (κ3) is 3.02. The predicted octanol–water partition coefficient (Wildman–Crippen LogP) is 4.47. The molecule has 0 spiro atoms. The molecule has 0 N–H and O–H groups in total. The lowest BCUT2D eigenvalue weighted by atomic mass is 10.1. The van der Waals surface area contributed by atoms with E-state index in [1.807, 2.05) is 24.3 Å².